The maximum Gasteiger partial charge on any atom is 0.356 e. The molecular weight excluding hydrogens is 242 g/mol. The number of rotatable bonds is 5. The third kappa shape index (κ3) is 3.52. The van der Waals surface area contributed by atoms with Crippen molar-refractivity contribution < 1.29 is 9.53 Å². The first-order valence-electron chi connectivity index (χ1n) is 6.67. The molecular formula is C14H21N3O2. The summed E-state index contributed by atoms with van der Waals surface area (Å²) in [6.07, 6.45) is 2.45. The number of carbonyl (C=O) groups is 1. The van der Waals surface area contributed by atoms with E-state index in [4.69, 9.17) is 4.74 Å². The van der Waals surface area contributed by atoms with Gasteiger partial charge >= 0.3 is 5.97 Å². The van der Waals surface area contributed by atoms with Crippen LogP contribution in [-0.4, -0.2) is 49.1 Å². The number of likely N-dealkylation sites (tertiary alicyclic amines) is 1. The van der Waals surface area contributed by atoms with Gasteiger partial charge in [-0.2, -0.15) is 0 Å². The molecule has 0 spiro atoms. The van der Waals surface area contributed by atoms with E-state index in [1.165, 1.54) is 20.0 Å². The molecule has 104 valence electrons. The lowest BCUT2D eigenvalue weighted by Crippen LogP contribution is -2.36. The SMILES string of the molecule is CNCC1CCCN1Cc1cccc(C(=O)OC)n1. The molecule has 1 fully saturated rings. The van der Waals surface area contributed by atoms with Gasteiger partial charge < -0.3 is 10.1 Å². The van der Waals surface area contributed by atoms with Crippen LogP contribution >= 0.6 is 0 Å². The number of pyridine rings is 1. The van der Waals surface area contributed by atoms with Crippen LogP contribution in [0, 0.1) is 0 Å². The Bertz CT molecular complexity index is 436. The largest absolute Gasteiger partial charge is 0.464 e. The zero-order valence-electron chi connectivity index (χ0n) is 11.6. The minimum absolute atomic E-state index is 0.379. The minimum Gasteiger partial charge on any atom is -0.464 e. The zero-order valence-corrected chi connectivity index (χ0v) is 11.6. The van der Waals surface area contributed by atoms with Gasteiger partial charge in [0.2, 0.25) is 0 Å². The number of hydrogen-bond acceptors (Lipinski definition) is 5. The second-order valence-electron chi connectivity index (χ2n) is 4.83. The predicted octanol–water partition coefficient (Wildman–Crippen LogP) is 1.05. The molecule has 2 rings (SSSR count). The Morgan fingerprint density at radius 2 is 2.42 bits per heavy atom. The smallest absolute Gasteiger partial charge is 0.356 e. The lowest BCUT2D eigenvalue weighted by atomic mass is 10.2. The fourth-order valence-corrected chi connectivity index (χ4v) is 2.56. The Hall–Kier alpha value is -1.46. The Labute approximate surface area is 114 Å². The van der Waals surface area contributed by atoms with E-state index in [0.29, 0.717) is 11.7 Å². The maximum absolute atomic E-state index is 11.5. The van der Waals surface area contributed by atoms with Crippen molar-refractivity contribution in [3.05, 3.63) is 29.6 Å². The van der Waals surface area contributed by atoms with Crippen LogP contribution in [0.4, 0.5) is 0 Å². The van der Waals surface area contributed by atoms with Crippen molar-refractivity contribution in [3.63, 3.8) is 0 Å². The molecule has 0 bridgehead atoms. The van der Waals surface area contributed by atoms with Crippen LogP contribution in [-0.2, 0) is 11.3 Å². The van der Waals surface area contributed by atoms with Crippen molar-refractivity contribution in [2.45, 2.75) is 25.4 Å². The molecule has 1 aliphatic rings. The Morgan fingerprint density at radius 1 is 1.58 bits per heavy atom. The van der Waals surface area contributed by atoms with E-state index in [0.717, 1.165) is 25.3 Å². The topological polar surface area (TPSA) is 54.5 Å². The van der Waals surface area contributed by atoms with Gasteiger partial charge in [-0.05, 0) is 38.6 Å². The molecule has 0 aliphatic carbocycles. The van der Waals surface area contributed by atoms with Crippen molar-refractivity contribution in [2.24, 2.45) is 0 Å². The van der Waals surface area contributed by atoms with E-state index in [-0.39, 0.29) is 5.97 Å². The number of hydrogen-bond donors (Lipinski definition) is 1. The third-order valence-corrected chi connectivity index (χ3v) is 3.51. The van der Waals surface area contributed by atoms with Crippen LogP contribution in [0.5, 0.6) is 0 Å². The molecule has 1 N–H and O–H groups in total. The summed E-state index contributed by atoms with van der Waals surface area (Å²) in [5.74, 6) is -0.380. The Kier molecular flexibility index (Phi) is 4.87. The number of aromatic nitrogens is 1. The van der Waals surface area contributed by atoms with Gasteiger partial charge in [0, 0.05) is 19.1 Å². The number of nitrogens with zero attached hydrogens (tertiary/aromatic N) is 2. The molecule has 1 aromatic rings. The number of nitrogens with one attached hydrogen (secondary N) is 1. The number of esters is 1. The summed E-state index contributed by atoms with van der Waals surface area (Å²) in [7, 11) is 3.35. The van der Waals surface area contributed by atoms with E-state index < -0.39 is 0 Å². The van der Waals surface area contributed by atoms with Crippen LogP contribution in [0.3, 0.4) is 0 Å². The molecule has 1 unspecified atom stereocenters. The van der Waals surface area contributed by atoms with E-state index in [2.05, 4.69) is 15.2 Å². The van der Waals surface area contributed by atoms with Crippen molar-refractivity contribution in [2.75, 3.05) is 27.2 Å². The van der Waals surface area contributed by atoms with E-state index >= 15 is 0 Å². The molecule has 19 heavy (non-hydrogen) atoms. The fraction of sp³-hybridized carbons (Fsp3) is 0.571. The highest BCUT2D eigenvalue weighted by Crippen LogP contribution is 2.19. The van der Waals surface area contributed by atoms with E-state index in [1.807, 2.05) is 19.2 Å². The fourth-order valence-electron chi connectivity index (χ4n) is 2.56. The van der Waals surface area contributed by atoms with Gasteiger partial charge in [0.1, 0.15) is 5.69 Å². The average Bonchev–Trinajstić information content (AvgIpc) is 2.86. The lowest BCUT2D eigenvalue weighted by Gasteiger charge is -2.23. The highest BCUT2D eigenvalue weighted by Gasteiger charge is 2.24. The monoisotopic (exact) mass is 263 g/mol. The van der Waals surface area contributed by atoms with Crippen molar-refractivity contribution in [1.82, 2.24) is 15.2 Å². The third-order valence-electron chi connectivity index (χ3n) is 3.51. The predicted molar refractivity (Wildman–Crippen MR) is 72.9 cm³/mol. The van der Waals surface area contributed by atoms with Gasteiger partial charge in [-0.25, -0.2) is 9.78 Å². The molecule has 0 amide bonds. The van der Waals surface area contributed by atoms with E-state index in [9.17, 15) is 4.79 Å². The second kappa shape index (κ2) is 6.63. The molecule has 0 aromatic carbocycles. The molecule has 0 saturated carbocycles. The van der Waals surface area contributed by atoms with Gasteiger partial charge in [-0.15, -0.1) is 0 Å². The summed E-state index contributed by atoms with van der Waals surface area (Å²) < 4.78 is 4.70. The van der Waals surface area contributed by atoms with Gasteiger partial charge in [-0.3, -0.25) is 4.90 Å². The normalized spacial score (nSPS) is 19.6. The molecule has 5 nitrogen and oxygen atoms in total. The summed E-state index contributed by atoms with van der Waals surface area (Å²) >= 11 is 0. The number of likely N-dealkylation sites (N-methyl/N-ethyl adjacent to an activating group) is 1. The average molecular weight is 263 g/mol. The second-order valence-corrected chi connectivity index (χ2v) is 4.83. The Morgan fingerprint density at radius 3 is 3.16 bits per heavy atom. The van der Waals surface area contributed by atoms with Crippen LogP contribution < -0.4 is 5.32 Å². The number of methoxy groups -OCH3 is 1. The van der Waals surface area contributed by atoms with Crippen molar-refractivity contribution >= 4 is 5.97 Å². The standard InChI is InChI=1S/C14H21N3O2/c1-15-9-12-6-4-8-17(12)10-11-5-3-7-13(16-11)14(18)19-2/h3,5,7,12,15H,4,6,8-10H2,1-2H3. The first-order valence-corrected chi connectivity index (χ1v) is 6.67. The van der Waals surface area contributed by atoms with E-state index in [1.54, 1.807) is 6.07 Å². The Balaban J connectivity index is 2.04. The first-order chi connectivity index (χ1) is 9.24. The molecule has 1 saturated heterocycles. The summed E-state index contributed by atoms with van der Waals surface area (Å²) in [5, 5.41) is 3.23. The first kappa shape index (κ1) is 14.0. The van der Waals surface area contributed by atoms with Gasteiger partial charge in [0.05, 0.1) is 12.8 Å². The summed E-state index contributed by atoms with van der Waals surface area (Å²) in [5.41, 5.74) is 1.30. The summed E-state index contributed by atoms with van der Waals surface area (Å²) in [6.45, 7) is 2.88. The summed E-state index contributed by atoms with van der Waals surface area (Å²) in [4.78, 5) is 18.2. The molecule has 5 heteroatoms. The van der Waals surface area contributed by atoms with Gasteiger partial charge in [0.25, 0.3) is 0 Å². The highest BCUT2D eigenvalue weighted by atomic mass is 16.5. The van der Waals surface area contributed by atoms with Gasteiger partial charge in [-0.1, -0.05) is 6.07 Å². The maximum atomic E-state index is 11.5. The van der Waals surface area contributed by atoms with Crippen LogP contribution in [0.1, 0.15) is 29.0 Å². The molecule has 1 aromatic heterocycles. The molecule has 2 heterocycles. The van der Waals surface area contributed by atoms with Crippen LogP contribution in [0.2, 0.25) is 0 Å². The van der Waals surface area contributed by atoms with Gasteiger partial charge in [0.15, 0.2) is 0 Å². The number of ether oxygens (including phenoxy) is 1. The minimum atomic E-state index is -0.380. The zero-order chi connectivity index (χ0) is 13.7. The van der Waals surface area contributed by atoms with Crippen LogP contribution in [0.15, 0.2) is 18.2 Å². The van der Waals surface area contributed by atoms with Crippen LogP contribution in [0.25, 0.3) is 0 Å². The number of carbonyl (C=O) groups excluding carboxylic acids is 1. The summed E-state index contributed by atoms with van der Waals surface area (Å²) in [6, 6.07) is 6.07. The molecule has 1 atom stereocenters. The molecule has 1 aliphatic heterocycles. The lowest BCUT2D eigenvalue weighted by molar-refractivity contribution is 0.0593. The quantitative estimate of drug-likeness (QED) is 0.805. The molecule has 0 radical (unpaired) electrons. The van der Waals surface area contributed by atoms with Crippen molar-refractivity contribution in [3.8, 4) is 0 Å². The highest BCUT2D eigenvalue weighted by molar-refractivity contribution is 5.87. The van der Waals surface area contributed by atoms with Crippen molar-refractivity contribution in [1.29, 1.82) is 0 Å².